The first-order chi connectivity index (χ1) is 8.08. The van der Waals surface area contributed by atoms with Crippen LogP contribution in [0.3, 0.4) is 0 Å². The second-order valence-electron chi connectivity index (χ2n) is 3.53. The number of carbonyl (C=O) groups excluding carboxylic acids is 1. The van der Waals surface area contributed by atoms with Crippen LogP contribution in [-0.2, 0) is 0 Å². The quantitative estimate of drug-likeness (QED) is 0.473. The highest BCUT2D eigenvalue weighted by Crippen LogP contribution is 2.30. The largest absolute Gasteiger partial charge is 0.294 e. The van der Waals surface area contributed by atoms with Crippen molar-refractivity contribution in [3.63, 3.8) is 0 Å². The molecular weight excluding hydrogens is 238 g/mol. The number of nitro benzene ring substituents is 1. The lowest BCUT2D eigenvalue weighted by atomic mass is 10.1. The van der Waals surface area contributed by atoms with Crippen molar-refractivity contribution >= 4 is 22.8 Å². The molecule has 2 rings (SSSR count). The number of nitrogens with zero attached hydrogens (tertiary/aromatic N) is 1. The number of non-ortho nitro benzene ring substituents is 1. The van der Waals surface area contributed by atoms with Gasteiger partial charge in [-0.1, -0.05) is 12.1 Å². The van der Waals surface area contributed by atoms with Crippen LogP contribution < -0.4 is 0 Å². The fourth-order valence-corrected chi connectivity index (χ4v) is 2.35. The van der Waals surface area contributed by atoms with Crippen LogP contribution in [0.25, 0.3) is 10.4 Å². The van der Waals surface area contributed by atoms with E-state index in [4.69, 9.17) is 0 Å². The number of carbonyl (C=O) groups is 1. The number of rotatable bonds is 3. The second-order valence-corrected chi connectivity index (χ2v) is 4.61. The predicted molar refractivity (Wildman–Crippen MR) is 66.4 cm³/mol. The molecule has 5 heteroatoms. The van der Waals surface area contributed by atoms with Gasteiger partial charge in [-0.05, 0) is 24.6 Å². The third-order valence-electron chi connectivity index (χ3n) is 2.29. The molecule has 0 aliphatic carbocycles. The fourth-order valence-electron chi connectivity index (χ4n) is 1.45. The van der Waals surface area contributed by atoms with Crippen molar-refractivity contribution in [1.29, 1.82) is 0 Å². The van der Waals surface area contributed by atoms with E-state index in [1.807, 2.05) is 0 Å². The van der Waals surface area contributed by atoms with Gasteiger partial charge in [0.1, 0.15) is 0 Å². The number of hydrogen-bond acceptors (Lipinski definition) is 4. The van der Waals surface area contributed by atoms with E-state index in [-0.39, 0.29) is 11.5 Å². The highest BCUT2D eigenvalue weighted by molar-refractivity contribution is 7.17. The van der Waals surface area contributed by atoms with Crippen LogP contribution in [0.4, 0.5) is 5.69 Å². The molecule has 0 bridgehead atoms. The molecule has 0 radical (unpaired) electrons. The molecule has 17 heavy (non-hydrogen) atoms. The summed E-state index contributed by atoms with van der Waals surface area (Å²) in [4.78, 5) is 22.9. The molecule has 4 nitrogen and oxygen atoms in total. The molecule has 2 aromatic rings. The van der Waals surface area contributed by atoms with Gasteiger partial charge in [-0.15, -0.1) is 11.3 Å². The summed E-state index contributed by atoms with van der Waals surface area (Å²) in [7, 11) is 0. The standard InChI is InChI=1S/C12H9NO3S/c1-8(14)11-5-6-12(17-11)9-3-2-4-10(7-9)13(15)16/h2-7H,1H3. The molecule has 0 unspecified atom stereocenters. The average molecular weight is 247 g/mol. The van der Waals surface area contributed by atoms with Crippen LogP contribution in [0, 0.1) is 10.1 Å². The maximum Gasteiger partial charge on any atom is 0.270 e. The minimum Gasteiger partial charge on any atom is -0.294 e. The SMILES string of the molecule is CC(=O)c1ccc(-c2cccc([N+](=O)[O-])c2)s1. The summed E-state index contributed by atoms with van der Waals surface area (Å²) in [6.45, 7) is 1.50. The van der Waals surface area contributed by atoms with Gasteiger partial charge >= 0.3 is 0 Å². The van der Waals surface area contributed by atoms with Gasteiger partial charge in [0.2, 0.25) is 0 Å². The first kappa shape index (κ1) is 11.5. The first-order valence-electron chi connectivity index (χ1n) is 4.93. The van der Waals surface area contributed by atoms with E-state index in [0.29, 0.717) is 4.88 Å². The lowest BCUT2D eigenvalue weighted by molar-refractivity contribution is -0.384. The normalized spacial score (nSPS) is 10.2. The third kappa shape index (κ3) is 2.39. The molecule has 1 aromatic carbocycles. The Morgan fingerprint density at radius 2 is 2.06 bits per heavy atom. The Morgan fingerprint density at radius 3 is 2.65 bits per heavy atom. The van der Waals surface area contributed by atoms with E-state index in [1.165, 1.54) is 30.4 Å². The van der Waals surface area contributed by atoms with Crippen molar-refractivity contribution in [2.75, 3.05) is 0 Å². The Kier molecular flexibility index (Phi) is 3.01. The molecule has 0 fully saturated rings. The van der Waals surface area contributed by atoms with Crippen molar-refractivity contribution < 1.29 is 9.72 Å². The monoisotopic (exact) mass is 247 g/mol. The topological polar surface area (TPSA) is 60.2 Å². The lowest BCUT2D eigenvalue weighted by Crippen LogP contribution is -1.87. The molecule has 0 aliphatic heterocycles. The van der Waals surface area contributed by atoms with Crippen molar-refractivity contribution in [1.82, 2.24) is 0 Å². The van der Waals surface area contributed by atoms with Crippen LogP contribution in [0.5, 0.6) is 0 Å². The molecule has 0 saturated carbocycles. The van der Waals surface area contributed by atoms with Gasteiger partial charge in [0.25, 0.3) is 5.69 Å². The first-order valence-corrected chi connectivity index (χ1v) is 5.75. The van der Waals surface area contributed by atoms with E-state index in [1.54, 1.807) is 24.3 Å². The Morgan fingerprint density at radius 1 is 1.29 bits per heavy atom. The number of thiophene rings is 1. The third-order valence-corrected chi connectivity index (χ3v) is 3.53. The smallest absolute Gasteiger partial charge is 0.270 e. The van der Waals surface area contributed by atoms with Crippen molar-refractivity contribution in [2.24, 2.45) is 0 Å². The number of ketones is 1. The fraction of sp³-hybridized carbons (Fsp3) is 0.0833. The van der Waals surface area contributed by atoms with Crippen LogP contribution in [0.2, 0.25) is 0 Å². The Labute approximate surface area is 102 Å². The van der Waals surface area contributed by atoms with Crippen molar-refractivity contribution in [3.05, 3.63) is 51.4 Å². The molecule has 0 spiro atoms. The summed E-state index contributed by atoms with van der Waals surface area (Å²) in [5.74, 6) is 0.00619. The van der Waals surface area contributed by atoms with Crippen molar-refractivity contribution in [2.45, 2.75) is 6.92 Å². The molecule has 0 aliphatic rings. The number of hydrogen-bond donors (Lipinski definition) is 0. The maximum absolute atomic E-state index is 11.2. The molecule has 0 amide bonds. The van der Waals surface area contributed by atoms with Gasteiger partial charge < -0.3 is 0 Å². The summed E-state index contributed by atoms with van der Waals surface area (Å²) >= 11 is 1.34. The van der Waals surface area contributed by atoms with Gasteiger partial charge in [0, 0.05) is 17.0 Å². The van der Waals surface area contributed by atoms with Crippen LogP contribution in [0.15, 0.2) is 36.4 Å². The van der Waals surface area contributed by atoms with E-state index < -0.39 is 4.92 Å². The second kappa shape index (κ2) is 4.47. The Bertz CT molecular complexity index is 589. The van der Waals surface area contributed by atoms with E-state index in [0.717, 1.165) is 10.4 Å². The molecule has 0 saturated heterocycles. The minimum absolute atomic E-state index is 0.00619. The van der Waals surface area contributed by atoms with Crippen LogP contribution in [-0.4, -0.2) is 10.7 Å². The minimum atomic E-state index is -0.428. The van der Waals surface area contributed by atoms with Gasteiger partial charge in [0.05, 0.1) is 9.80 Å². The van der Waals surface area contributed by atoms with Crippen LogP contribution in [0.1, 0.15) is 16.6 Å². The summed E-state index contributed by atoms with van der Waals surface area (Å²) in [6, 6.07) is 9.93. The van der Waals surface area contributed by atoms with Gasteiger partial charge in [0.15, 0.2) is 5.78 Å². The number of Topliss-reactive ketones (excluding diaryl/α,β-unsaturated/α-hetero) is 1. The van der Waals surface area contributed by atoms with Gasteiger partial charge in [-0.2, -0.15) is 0 Å². The Hall–Kier alpha value is -2.01. The summed E-state index contributed by atoms with van der Waals surface area (Å²) < 4.78 is 0. The van der Waals surface area contributed by atoms with Gasteiger partial charge in [-0.3, -0.25) is 14.9 Å². The average Bonchev–Trinajstić information content (AvgIpc) is 2.78. The molecular formula is C12H9NO3S. The summed E-state index contributed by atoms with van der Waals surface area (Å²) in [6.07, 6.45) is 0. The predicted octanol–water partition coefficient (Wildman–Crippen LogP) is 3.53. The van der Waals surface area contributed by atoms with E-state index in [9.17, 15) is 14.9 Å². The number of benzene rings is 1. The van der Waals surface area contributed by atoms with Crippen LogP contribution >= 0.6 is 11.3 Å². The zero-order chi connectivity index (χ0) is 12.4. The molecule has 1 heterocycles. The maximum atomic E-state index is 11.2. The Balaban J connectivity index is 2.42. The zero-order valence-electron chi connectivity index (χ0n) is 9.04. The van der Waals surface area contributed by atoms with E-state index in [2.05, 4.69) is 0 Å². The molecule has 0 N–H and O–H groups in total. The zero-order valence-corrected chi connectivity index (χ0v) is 9.86. The molecule has 1 aromatic heterocycles. The molecule has 0 atom stereocenters. The van der Waals surface area contributed by atoms with Gasteiger partial charge in [-0.25, -0.2) is 0 Å². The number of nitro groups is 1. The summed E-state index contributed by atoms with van der Waals surface area (Å²) in [5.41, 5.74) is 0.817. The highest BCUT2D eigenvalue weighted by Gasteiger charge is 2.10. The lowest BCUT2D eigenvalue weighted by Gasteiger charge is -1.96. The highest BCUT2D eigenvalue weighted by atomic mass is 32.1. The van der Waals surface area contributed by atoms with Crippen molar-refractivity contribution in [3.8, 4) is 10.4 Å². The summed E-state index contributed by atoms with van der Waals surface area (Å²) in [5, 5.41) is 10.7. The van der Waals surface area contributed by atoms with E-state index >= 15 is 0 Å². The molecule has 86 valence electrons.